The van der Waals surface area contributed by atoms with Gasteiger partial charge in [0.2, 0.25) is 0 Å². The molecule has 1 unspecified atom stereocenters. The Kier molecular flexibility index (Phi) is 1.58. The molecular formula is C17H18O2. The molecule has 2 heteroatoms. The van der Waals surface area contributed by atoms with E-state index in [-0.39, 0.29) is 5.92 Å². The molecule has 19 heavy (non-hydrogen) atoms. The number of hydrogen-bond donors (Lipinski definition) is 2. The molecule has 0 heterocycles. The first-order valence-electron chi connectivity index (χ1n) is 7.33. The van der Waals surface area contributed by atoms with E-state index in [1.165, 1.54) is 33.4 Å². The summed E-state index contributed by atoms with van der Waals surface area (Å²) < 4.78 is 0. The molecule has 0 aromatic heterocycles. The van der Waals surface area contributed by atoms with Crippen molar-refractivity contribution in [2.45, 2.75) is 49.7 Å². The molecule has 98 valence electrons. The van der Waals surface area contributed by atoms with Gasteiger partial charge in [-0.05, 0) is 55.2 Å². The molecule has 2 N–H and O–H groups in total. The van der Waals surface area contributed by atoms with E-state index >= 15 is 0 Å². The third-order valence-corrected chi connectivity index (χ3v) is 6.15. The van der Waals surface area contributed by atoms with Crippen LogP contribution < -0.4 is 0 Å². The summed E-state index contributed by atoms with van der Waals surface area (Å²) in [5.74, 6) is -0.0427. The van der Waals surface area contributed by atoms with Crippen LogP contribution in [0.4, 0.5) is 0 Å². The number of rotatable bonds is 2. The quantitative estimate of drug-likeness (QED) is 0.743. The largest absolute Gasteiger partial charge is 0.385 e. The monoisotopic (exact) mass is 254 g/mol. The van der Waals surface area contributed by atoms with Crippen LogP contribution in [-0.2, 0) is 0 Å². The van der Waals surface area contributed by atoms with Gasteiger partial charge < -0.3 is 10.2 Å². The summed E-state index contributed by atoms with van der Waals surface area (Å²) in [5.41, 5.74) is 6.37. The highest BCUT2D eigenvalue weighted by Gasteiger charge is 2.67. The Hall–Kier alpha value is -1.12. The third kappa shape index (κ3) is 0.888. The average molecular weight is 254 g/mol. The van der Waals surface area contributed by atoms with Crippen LogP contribution in [0.1, 0.15) is 38.5 Å². The fourth-order valence-corrected chi connectivity index (χ4v) is 5.63. The van der Waals surface area contributed by atoms with Gasteiger partial charge >= 0.3 is 0 Å². The van der Waals surface area contributed by atoms with E-state index in [9.17, 15) is 10.2 Å². The first-order valence-corrected chi connectivity index (χ1v) is 7.33. The Morgan fingerprint density at radius 1 is 1.16 bits per heavy atom. The number of hydrogen-bond acceptors (Lipinski definition) is 2. The lowest BCUT2D eigenvalue weighted by Gasteiger charge is -2.48. The average Bonchev–Trinajstić information content (AvgIpc) is 2.99. The Morgan fingerprint density at radius 2 is 1.95 bits per heavy atom. The van der Waals surface area contributed by atoms with Gasteiger partial charge in [-0.2, -0.15) is 0 Å². The molecule has 0 aromatic rings. The second-order valence-corrected chi connectivity index (χ2v) is 6.89. The second-order valence-electron chi connectivity index (χ2n) is 6.89. The van der Waals surface area contributed by atoms with Crippen LogP contribution in [0.2, 0.25) is 0 Å². The summed E-state index contributed by atoms with van der Waals surface area (Å²) in [5, 5.41) is 22.5. The van der Waals surface area contributed by atoms with Gasteiger partial charge in [-0.25, -0.2) is 0 Å². The summed E-state index contributed by atoms with van der Waals surface area (Å²) >= 11 is 0. The normalized spacial score (nSPS) is 45.1. The van der Waals surface area contributed by atoms with Gasteiger partial charge in [0.1, 0.15) is 0 Å². The van der Waals surface area contributed by atoms with Crippen molar-refractivity contribution in [1.82, 2.24) is 0 Å². The first-order chi connectivity index (χ1) is 9.09. The number of fused-ring (bicyclic) bond motifs is 2. The zero-order valence-corrected chi connectivity index (χ0v) is 11.0. The van der Waals surface area contributed by atoms with E-state index in [0.717, 1.165) is 32.1 Å². The standard InChI is InChI=1S/C17H18O2/c1-2-4-16(18)12-8-11-7-10-6-9-3-5-17(12,19)14(9)13(10)15(11)16/h2,12,18-19H,1,3-8H2/t12?,16-,17+/m0/s1. The topological polar surface area (TPSA) is 40.5 Å². The van der Waals surface area contributed by atoms with Crippen molar-refractivity contribution in [3.63, 3.8) is 0 Å². The smallest absolute Gasteiger partial charge is 0.0998 e. The molecule has 1 saturated carbocycles. The van der Waals surface area contributed by atoms with Gasteiger partial charge in [-0.15, -0.1) is 6.58 Å². The number of aliphatic hydroxyl groups is 2. The van der Waals surface area contributed by atoms with Gasteiger partial charge in [-0.3, -0.25) is 0 Å². The molecule has 0 amide bonds. The zero-order chi connectivity index (χ0) is 13.0. The molecule has 5 aliphatic carbocycles. The summed E-state index contributed by atoms with van der Waals surface area (Å²) in [6.45, 7) is 3.81. The molecule has 2 nitrogen and oxygen atoms in total. The van der Waals surface area contributed by atoms with Crippen LogP contribution in [-0.4, -0.2) is 21.4 Å². The maximum atomic E-state index is 11.3. The van der Waals surface area contributed by atoms with E-state index in [4.69, 9.17) is 0 Å². The predicted molar refractivity (Wildman–Crippen MR) is 72.4 cm³/mol. The highest BCUT2D eigenvalue weighted by atomic mass is 16.3. The van der Waals surface area contributed by atoms with Gasteiger partial charge in [0.15, 0.2) is 0 Å². The van der Waals surface area contributed by atoms with Crippen LogP contribution in [0.25, 0.3) is 0 Å². The molecule has 2 bridgehead atoms. The lowest BCUT2D eigenvalue weighted by Crippen LogP contribution is -2.54. The summed E-state index contributed by atoms with van der Waals surface area (Å²) in [4.78, 5) is 0. The van der Waals surface area contributed by atoms with Crippen LogP contribution in [0, 0.1) is 5.92 Å². The minimum Gasteiger partial charge on any atom is -0.385 e. The molecule has 0 radical (unpaired) electrons. The van der Waals surface area contributed by atoms with Crippen LogP contribution in [0.15, 0.2) is 46.1 Å². The highest BCUT2D eigenvalue weighted by molar-refractivity contribution is 5.75. The van der Waals surface area contributed by atoms with Crippen molar-refractivity contribution >= 4 is 0 Å². The Bertz CT molecular complexity index is 648. The Morgan fingerprint density at radius 3 is 2.74 bits per heavy atom. The van der Waals surface area contributed by atoms with E-state index in [0.29, 0.717) is 6.42 Å². The van der Waals surface area contributed by atoms with E-state index < -0.39 is 11.2 Å². The van der Waals surface area contributed by atoms with Gasteiger partial charge in [0.05, 0.1) is 11.2 Å². The molecule has 5 rings (SSSR count). The van der Waals surface area contributed by atoms with Crippen molar-refractivity contribution in [3.8, 4) is 0 Å². The molecule has 0 aromatic carbocycles. The lowest BCUT2D eigenvalue weighted by molar-refractivity contribution is -0.0846. The summed E-state index contributed by atoms with van der Waals surface area (Å²) in [6, 6.07) is 0. The fraction of sp³-hybridized carbons (Fsp3) is 0.529. The van der Waals surface area contributed by atoms with Crippen LogP contribution in [0.5, 0.6) is 0 Å². The van der Waals surface area contributed by atoms with Crippen molar-refractivity contribution in [3.05, 3.63) is 46.1 Å². The third-order valence-electron chi connectivity index (χ3n) is 6.15. The lowest BCUT2D eigenvalue weighted by atomic mass is 9.62. The first kappa shape index (κ1) is 10.6. The Labute approximate surface area is 112 Å². The maximum Gasteiger partial charge on any atom is 0.0998 e. The zero-order valence-electron chi connectivity index (χ0n) is 11.0. The van der Waals surface area contributed by atoms with Crippen LogP contribution >= 0.6 is 0 Å². The Balaban J connectivity index is 1.83. The molecule has 0 aliphatic heterocycles. The molecule has 3 atom stereocenters. The maximum absolute atomic E-state index is 11.3. The van der Waals surface area contributed by atoms with Gasteiger partial charge in [0.25, 0.3) is 0 Å². The molecular weight excluding hydrogens is 236 g/mol. The summed E-state index contributed by atoms with van der Waals surface area (Å²) in [7, 11) is 0. The highest BCUT2D eigenvalue weighted by Crippen LogP contribution is 2.70. The molecule has 5 aliphatic rings. The van der Waals surface area contributed by atoms with Crippen LogP contribution in [0.3, 0.4) is 0 Å². The van der Waals surface area contributed by atoms with Crippen molar-refractivity contribution in [2.24, 2.45) is 5.92 Å². The van der Waals surface area contributed by atoms with Crippen molar-refractivity contribution in [1.29, 1.82) is 0 Å². The number of allylic oxidation sites excluding steroid dienone is 3. The minimum atomic E-state index is -0.855. The minimum absolute atomic E-state index is 0.0427. The molecule has 0 saturated heterocycles. The van der Waals surface area contributed by atoms with E-state index in [1.54, 1.807) is 0 Å². The molecule has 1 fully saturated rings. The van der Waals surface area contributed by atoms with Gasteiger partial charge in [-0.1, -0.05) is 22.8 Å². The van der Waals surface area contributed by atoms with Gasteiger partial charge in [0, 0.05) is 5.92 Å². The van der Waals surface area contributed by atoms with Crippen molar-refractivity contribution < 1.29 is 10.2 Å². The predicted octanol–water partition coefficient (Wildman–Crippen LogP) is 2.55. The second kappa shape index (κ2) is 2.82. The van der Waals surface area contributed by atoms with E-state index in [2.05, 4.69) is 6.58 Å². The van der Waals surface area contributed by atoms with E-state index in [1.807, 2.05) is 6.08 Å². The fourth-order valence-electron chi connectivity index (χ4n) is 5.63. The molecule has 0 spiro atoms. The van der Waals surface area contributed by atoms with Crippen molar-refractivity contribution in [2.75, 3.05) is 0 Å². The SMILES string of the molecule is C=CC[C@@]1(O)C2=C3CC4=C2C2=C(CC[C@@]2(O)C1C3)C4. The summed E-state index contributed by atoms with van der Waals surface area (Å²) in [6.07, 6.45) is 7.17.